The molecule has 0 atom stereocenters. The van der Waals surface area contributed by atoms with Crippen LogP contribution >= 0.6 is 35.0 Å². The molecular weight excluding hydrogens is 323 g/mol. The van der Waals surface area contributed by atoms with E-state index in [2.05, 4.69) is 10.1 Å². The SMILES string of the molecule is O=C(O)CSCc1nc(Cc2ccc(Cl)c(Cl)c2)no1. The second-order valence-corrected chi connectivity index (χ2v) is 5.72. The monoisotopic (exact) mass is 332 g/mol. The molecule has 0 aliphatic carbocycles. The lowest BCUT2D eigenvalue weighted by Crippen LogP contribution is -1.98. The molecule has 106 valence electrons. The Labute approximate surface area is 129 Å². The molecule has 8 heteroatoms. The number of aliphatic carboxylic acids is 1. The molecule has 1 aromatic carbocycles. The summed E-state index contributed by atoms with van der Waals surface area (Å²) in [5.41, 5.74) is 0.921. The largest absolute Gasteiger partial charge is 0.481 e. The lowest BCUT2D eigenvalue weighted by molar-refractivity contribution is -0.133. The van der Waals surface area contributed by atoms with Gasteiger partial charge in [0, 0.05) is 6.42 Å². The predicted molar refractivity (Wildman–Crippen MR) is 77.4 cm³/mol. The van der Waals surface area contributed by atoms with E-state index >= 15 is 0 Å². The Bertz CT molecular complexity index is 618. The van der Waals surface area contributed by atoms with E-state index in [1.165, 1.54) is 11.8 Å². The predicted octanol–water partition coefficient (Wildman–Crippen LogP) is 3.29. The van der Waals surface area contributed by atoms with Gasteiger partial charge in [-0.3, -0.25) is 4.79 Å². The molecule has 5 nitrogen and oxygen atoms in total. The first-order chi connectivity index (χ1) is 9.54. The molecule has 2 rings (SSSR count). The number of halogens is 2. The summed E-state index contributed by atoms with van der Waals surface area (Å²) in [5.74, 6) is 0.441. The number of aromatic nitrogens is 2. The van der Waals surface area contributed by atoms with Gasteiger partial charge in [-0.25, -0.2) is 0 Å². The van der Waals surface area contributed by atoms with E-state index in [1.54, 1.807) is 12.1 Å². The van der Waals surface area contributed by atoms with Crippen molar-refractivity contribution in [3.8, 4) is 0 Å². The Morgan fingerprint density at radius 2 is 2.15 bits per heavy atom. The summed E-state index contributed by atoms with van der Waals surface area (Å²) in [6.45, 7) is 0. The molecule has 0 amide bonds. The van der Waals surface area contributed by atoms with Crippen LogP contribution in [-0.2, 0) is 17.0 Å². The van der Waals surface area contributed by atoms with E-state index in [0.717, 1.165) is 5.56 Å². The number of carboxylic acid groups (broad SMARTS) is 1. The number of rotatable bonds is 6. The van der Waals surface area contributed by atoms with Crippen molar-refractivity contribution >= 4 is 40.9 Å². The minimum absolute atomic E-state index is 0.00447. The van der Waals surface area contributed by atoms with E-state index in [0.29, 0.717) is 33.9 Å². The van der Waals surface area contributed by atoms with E-state index in [4.69, 9.17) is 32.8 Å². The fourth-order valence-corrected chi connectivity index (χ4v) is 2.37. The van der Waals surface area contributed by atoms with Crippen molar-refractivity contribution in [2.45, 2.75) is 12.2 Å². The van der Waals surface area contributed by atoms with Gasteiger partial charge in [-0.05, 0) is 17.7 Å². The highest BCUT2D eigenvalue weighted by molar-refractivity contribution is 7.99. The van der Waals surface area contributed by atoms with Gasteiger partial charge >= 0.3 is 5.97 Å². The minimum Gasteiger partial charge on any atom is -0.481 e. The van der Waals surface area contributed by atoms with Crippen molar-refractivity contribution < 1.29 is 14.4 Å². The standard InChI is InChI=1S/C12H10Cl2N2O3S/c13-8-2-1-7(3-9(8)14)4-10-15-11(19-16-10)5-20-6-12(17)18/h1-3H,4-6H2,(H,17,18). The summed E-state index contributed by atoms with van der Waals surface area (Å²) < 4.78 is 5.04. The number of carboxylic acids is 1. The van der Waals surface area contributed by atoms with Gasteiger partial charge in [-0.15, -0.1) is 11.8 Å². The summed E-state index contributed by atoms with van der Waals surface area (Å²) in [4.78, 5) is 14.6. The van der Waals surface area contributed by atoms with E-state index in [-0.39, 0.29) is 5.75 Å². The van der Waals surface area contributed by atoms with Crippen molar-refractivity contribution in [3.05, 3.63) is 45.5 Å². The lowest BCUT2D eigenvalue weighted by Gasteiger charge is -1.99. The number of hydrogen-bond donors (Lipinski definition) is 1. The van der Waals surface area contributed by atoms with Gasteiger partial charge in [0.2, 0.25) is 5.89 Å². The Balaban J connectivity index is 1.95. The average molecular weight is 333 g/mol. The second-order valence-electron chi connectivity index (χ2n) is 3.92. The molecule has 0 spiro atoms. The van der Waals surface area contributed by atoms with E-state index in [1.807, 2.05) is 6.07 Å². The van der Waals surface area contributed by atoms with Crippen molar-refractivity contribution in [2.24, 2.45) is 0 Å². The fourth-order valence-electron chi connectivity index (χ4n) is 1.48. The zero-order valence-corrected chi connectivity index (χ0v) is 12.5. The molecule has 0 saturated heterocycles. The topological polar surface area (TPSA) is 76.2 Å². The van der Waals surface area contributed by atoms with Gasteiger partial charge in [-0.2, -0.15) is 4.98 Å². The Kier molecular flexibility index (Phi) is 5.28. The minimum atomic E-state index is -0.870. The van der Waals surface area contributed by atoms with E-state index < -0.39 is 5.97 Å². The van der Waals surface area contributed by atoms with Crippen molar-refractivity contribution in [3.63, 3.8) is 0 Å². The van der Waals surface area contributed by atoms with Crippen LogP contribution < -0.4 is 0 Å². The van der Waals surface area contributed by atoms with Crippen LogP contribution in [0.3, 0.4) is 0 Å². The van der Waals surface area contributed by atoms with Gasteiger partial charge in [-0.1, -0.05) is 34.4 Å². The summed E-state index contributed by atoms with van der Waals surface area (Å²) in [6, 6.07) is 5.30. The summed E-state index contributed by atoms with van der Waals surface area (Å²) in [6.07, 6.45) is 0.476. The molecule has 0 radical (unpaired) electrons. The number of thioether (sulfide) groups is 1. The van der Waals surface area contributed by atoms with Gasteiger partial charge in [0.1, 0.15) is 0 Å². The maximum atomic E-state index is 10.4. The van der Waals surface area contributed by atoms with Crippen LogP contribution in [-0.4, -0.2) is 27.0 Å². The average Bonchev–Trinajstić information content (AvgIpc) is 2.81. The highest BCUT2D eigenvalue weighted by Crippen LogP contribution is 2.23. The summed E-state index contributed by atoms with van der Waals surface area (Å²) in [5, 5.41) is 13.3. The smallest absolute Gasteiger partial charge is 0.313 e. The first kappa shape index (κ1) is 15.2. The molecule has 2 aromatic rings. The lowest BCUT2D eigenvalue weighted by atomic mass is 10.1. The Morgan fingerprint density at radius 3 is 2.85 bits per heavy atom. The molecule has 0 saturated carbocycles. The summed E-state index contributed by atoms with van der Waals surface area (Å²) in [7, 11) is 0. The third-order valence-corrected chi connectivity index (χ3v) is 3.95. The highest BCUT2D eigenvalue weighted by Gasteiger charge is 2.09. The van der Waals surface area contributed by atoms with Crippen LogP contribution in [0.15, 0.2) is 22.7 Å². The molecule has 0 bridgehead atoms. The van der Waals surface area contributed by atoms with Gasteiger partial charge < -0.3 is 9.63 Å². The van der Waals surface area contributed by atoms with Crippen LogP contribution in [0.2, 0.25) is 10.0 Å². The quantitative estimate of drug-likeness (QED) is 0.874. The van der Waals surface area contributed by atoms with Crippen molar-refractivity contribution in [1.29, 1.82) is 0 Å². The normalized spacial score (nSPS) is 10.7. The van der Waals surface area contributed by atoms with Crippen LogP contribution in [0.1, 0.15) is 17.3 Å². The molecular formula is C12H10Cl2N2O3S. The van der Waals surface area contributed by atoms with Crippen LogP contribution in [0.5, 0.6) is 0 Å². The number of benzene rings is 1. The molecule has 1 heterocycles. The summed E-state index contributed by atoms with van der Waals surface area (Å²) >= 11 is 13.0. The zero-order chi connectivity index (χ0) is 14.5. The van der Waals surface area contributed by atoms with Crippen LogP contribution in [0.25, 0.3) is 0 Å². The maximum Gasteiger partial charge on any atom is 0.313 e. The maximum absolute atomic E-state index is 10.4. The van der Waals surface area contributed by atoms with Crippen molar-refractivity contribution in [1.82, 2.24) is 10.1 Å². The first-order valence-corrected chi connectivity index (χ1v) is 7.50. The van der Waals surface area contributed by atoms with Crippen LogP contribution in [0, 0.1) is 0 Å². The van der Waals surface area contributed by atoms with E-state index in [9.17, 15) is 4.79 Å². The fraction of sp³-hybridized carbons (Fsp3) is 0.250. The van der Waals surface area contributed by atoms with Gasteiger partial charge in [0.15, 0.2) is 5.82 Å². The molecule has 0 aliphatic rings. The molecule has 0 aliphatic heterocycles. The van der Waals surface area contributed by atoms with Gasteiger partial charge in [0.25, 0.3) is 0 Å². The molecule has 20 heavy (non-hydrogen) atoms. The molecule has 1 aromatic heterocycles. The van der Waals surface area contributed by atoms with Crippen LogP contribution in [0.4, 0.5) is 0 Å². The van der Waals surface area contributed by atoms with Crippen molar-refractivity contribution in [2.75, 3.05) is 5.75 Å². The van der Waals surface area contributed by atoms with Gasteiger partial charge in [0.05, 0.1) is 21.6 Å². The Hall–Kier alpha value is -1.24. The third-order valence-electron chi connectivity index (χ3n) is 2.31. The zero-order valence-electron chi connectivity index (χ0n) is 10.2. The first-order valence-electron chi connectivity index (χ1n) is 5.59. The molecule has 0 unspecified atom stereocenters. The number of carbonyl (C=O) groups is 1. The third kappa shape index (κ3) is 4.40. The highest BCUT2D eigenvalue weighted by atomic mass is 35.5. The molecule has 1 N–H and O–H groups in total. The Morgan fingerprint density at radius 1 is 1.35 bits per heavy atom. The number of nitrogens with zero attached hydrogens (tertiary/aromatic N) is 2. The second kappa shape index (κ2) is 6.97. The molecule has 0 fully saturated rings. The number of hydrogen-bond acceptors (Lipinski definition) is 5.